The van der Waals surface area contributed by atoms with Gasteiger partial charge in [0.05, 0.1) is 25.4 Å². The molecular formula is C28H34O2Si. The topological polar surface area (TPSA) is 18.5 Å². The highest BCUT2D eigenvalue weighted by atomic mass is 28.3. The molecule has 0 saturated carbocycles. The molecule has 0 radical (unpaired) electrons. The van der Waals surface area contributed by atoms with Crippen molar-refractivity contribution < 1.29 is 9.47 Å². The molecule has 0 N–H and O–H groups in total. The summed E-state index contributed by atoms with van der Waals surface area (Å²) in [5, 5.41) is 3.18. The molecule has 1 saturated heterocycles. The van der Waals surface area contributed by atoms with Crippen LogP contribution in [-0.2, 0) is 16.1 Å². The molecule has 0 unspecified atom stereocenters. The minimum atomic E-state index is -2.06. The molecule has 2 nitrogen and oxygen atoms in total. The summed E-state index contributed by atoms with van der Waals surface area (Å²) in [6.07, 6.45) is 1.60. The Labute approximate surface area is 188 Å². The van der Waals surface area contributed by atoms with E-state index in [1.165, 1.54) is 15.9 Å². The summed E-state index contributed by atoms with van der Waals surface area (Å²) in [6, 6.07) is 33.8. The van der Waals surface area contributed by atoms with E-state index in [0.29, 0.717) is 19.3 Å². The number of benzene rings is 3. The van der Waals surface area contributed by atoms with Crippen molar-refractivity contribution in [3.8, 4) is 0 Å². The fourth-order valence-corrected chi connectivity index (χ4v) is 10.7. The lowest BCUT2D eigenvalue weighted by Crippen LogP contribution is -2.66. The van der Waals surface area contributed by atoms with Gasteiger partial charge >= 0.3 is 0 Å². The van der Waals surface area contributed by atoms with E-state index in [1.807, 2.05) is 6.07 Å². The quantitative estimate of drug-likeness (QED) is 0.444. The van der Waals surface area contributed by atoms with E-state index in [9.17, 15) is 0 Å². The Morgan fingerprint density at radius 2 is 1.26 bits per heavy atom. The minimum Gasteiger partial charge on any atom is -0.374 e. The Kier molecular flexibility index (Phi) is 6.76. The standard InChI is InChI=1S/C28H34O2Si/c1-28(2,3)31(26-15-9-5-10-16-26,27-17-11-6-12-18-27)22-25-19-24(30-25)21-29-20-23-13-7-4-8-14-23/h4-18,24-25H,19-22H2,1-3H3/t24-,25+/m1/s1. The average Bonchev–Trinajstić information content (AvgIpc) is 2.76. The van der Waals surface area contributed by atoms with Crippen LogP contribution in [0.25, 0.3) is 0 Å². The molecule has 2 atom stereocenters. The fraction of sp³-hybridized carbons (Fsp3) is 0.357. The molecule has 3 heteroatoms. The lowest BCUT2D eigenvalue weighted by atomic mass is 10.1. The highest BCUT2D eigenvalue weighted by Gasteiger charge is 2.50. The molecule has 0 aliphatic carbocycles. The molecule has 3 aromatic carbocycles. The second kappa shape index (κ2) is 9.52. The summed E-state index contributed by atoms with van der Waals surface area (Å²) in [4.78, 5) is 0. The molecular weight excluding hydrogens is 396 g/mol. The Morgan fingerprint density at radius 1 is 0.774 bits per heavy atom. The summed E-state index contributed by atoms with van der Waals surface area (Å²) >= 11 is 0. The molecule has 4 rings (SSSR count). The van der Waals surface area contributed by atoms with Crippen molar-refractivity contribution in [1.29, 1.82) is 0 Å². The fourth-order valence-electron chi connectivity index (χ4n) is 5.04. The molecule has 1 fully saturated rings. The first-order valence-electron chi connectivity index (χ1n) is 11.4. The molecule has 0 amide bonds. The Balaban J connectivity index is 1.47. The Morgan fingerprint density at radius 3 is 1.74 bits per heavy atom. The monoisotopic (exact) mass is 430 g/mol. The van der Waals surface area contributed by atoms with Crippen molar-refractivity contribution in [2.45, 2.75) is 57.1 Å². The third kappa shape index (κ3) is 4.84. The molecule has 3 aromatic rings. The van der Waals surface area contributed by atoms with Crippen molar-refractivity contribution in [2.24, 2.45) is 0 Å². The van der Waals surface area contributed by atoms with Crippen LogP contribution in [0.1, 0.15) is 32.8 Å². The maximum absolute atomic E-state index is 6.38. The predicted molar refractivity (Wildman–Crippen MR) is 132 cm³/mol. The maximum Gasteiger partial charge on any atom is 0.125 e. The van der Waals surface area contributed by atoms with Crippen LogP contribution in [0.2, 0.25) is 11.1 Å². The second-order valence-electron chi connectivity index (χ2n) is 9.71. The summed E-state index contributed by atoms with van der Waals surface area (Å²) in [5.74, 6) is 0. The largest absolute Gasteiger partial charge is 0.374 e. The normalized spacial score (nSPS) is 19.1. The van der Waals surface area contributed by atoms with Gasteiger partial charge in [-0.1, -0.05) is 122 Å². The first-order chi connectivity index (χ1) is 15.0. The van der Waals surface area contributed by atoms with Crippen molar-refractivity contribution in [2.75, 3.05) is 6.61 Å². The van der Waals surface area contributed by atoms with Gasteiger partial charge in [0.2, 0.25) is 0 Å². The van der Waals surface area contributed by atoms with E-state index >= 15 is 0 Å². The van der Waals surface area contributed by atoms with Crippen LogP contribution < -0.4 is 10.4 Å². The zero-order valence-electron chi connectivity index (χ0n) is 19.0. The van der Waals surface area contributed by atoms with Gasteiger partial charge in [0, 0.05) is 6.42 Å². The molecule has 0 bridgehead atoms. The van der Waals surface area contributed by atoms with E-state index in [-0.39, 0.29) is 11.1 Å². The van der Waals surface area contributed by atoms with Crippen molar-refractivity contribution >= 4 is 18.4 Å². The zero-order valence-corrected chi connectivity index (χ0v) is 20.0. The lowest BCUT2D eigenvalue weighted by Gasteiger charge is -2.49. The highest BCUT2D eigenvalue weighted by molar-refractivity contribution is 7.04. The van der Waals surface area contributed by atoms with Gasteiger partial charge in [-0.15, -0.1) is 0 Å². The maximum atomic E-state index is 6.38. The minimum absolute atomic E-state index is 0.175. The summed E-state index contributed by atoms with van der Waals surface area (Å²) < 4.78 is 12.3. The zero-order chi connectivity index (χ0) is 21.7. The van der Waals surface area contributed by atoms with Crippen molar-refractivity contribution in [1.82, 2.24) is 0 Å². The van der Waals surface area contributed by atoms with Crippen LogP contribution >= 0.6 is 0 Å². The Bertz CT molecular complexity index is 890. The third-order valence-corrected chi connectivity index (χ3v) is 12.9. The first-order valence-corrected chi connectivity index (χ1v) is 13.6. The molecule has 1 heterocycles. The van der Waals surface area contributed by atoms with E-state index in [2.05, 4.69) is 106 Å². The lowest BCUT2D eigenvalue weighted by molar-refractivity contribution is -0.145. The van der Waals surface area contributed by atoms with Gasteiger partial charge in [-0.25, -0.2) is 0 Å². The van der Waals surface area contributed by atoms with Gasteiger partial charge in [-0.05, 0) is 16.6 Å². The summed E-state index contributed by atoms with van der Waals surface area (Å²) in [5.41, 5.74) is 1.21. The number of ether oxygens (including phenoxy) is 2. The Hall–Kier alpha value is -2.20. The van der Waals surface area contributed by atoms with E-state index < -0.39 is 8.07 Å². The number of hydrogen-bond acceptors (Lipinski definition) is 2. The van der Waals surface area contributed by atoms with Gasteiger partial charge in [-0.3, -0.25) is 0 Å². The van der Waals surface area contributed by atoms with E-state index in [0.717, 1.165) is 12.5 Å². The van der Waals surface area contributed by atoms with Crippen LogP contribution in [-0.4, -0.2) is 26.9 Å². The number of hydrogen-bond donors (Lipinski definition) is 0. The second-order valence-corrected chi connectivity index (χ2v) is 14.6. The molecule has 0 aromatic heterocycles. The molecule has 0 spiro atoms. The average molecular weight is 431 g/mol. The van der Waals surface area contributed by atoms with Crippen molar-refractivity contribution in [3.63, 3.8) is 0 Å². The van der Waals surface area contributed by atoms with Crippen LogP contribution in [0.5, 0.6) is 0 Å². The van der Waals surface area contributed by atoms with Gasteiger partial charge in [0.25, 0.3) is 0 Å². The van der Waals surface area contributed by atoms with Crippen LogP contribution in [0.15, 0.2) is 91.0 Å². The number of rotatable bonds is 8. The van der Waals surface area contributed by atoms with Gasteiger partial charge in [0.15, 0.2) is 0 Å². The predicted octanol–water partition coefficient (Wildman–Crippen LogP) is 5.42. The molecule has 162 valence electrons. The van der Waals surface area contributed by atoms with Gasteiger partial charge < -0.3 is 9.47 Å². The molecule has 31 heavy (non-hydrogen) atoms. The van der Waals surface area contributed by atoms with E-state index in [4.69, 9.17) is 9.47 Å². The van der Waals surface area contributed by atoms with Crippen LogP contribution in [0.3, 0.4) is 0 Å². The highest BCUT2D eigenvalue weighted by Crippen LogP contribution is 2.42. The van der Waals surface area contributed by atoms with Gasteiger partial charge in [0.1, 0.15) is 8.07 Å². The van der Waals surface area contributed by atoms with Crippen LogP contribution in [0.4, 0.5) is 0 Å². The summed E-state index contributed by atoms with van der Waals surface area (Å²) in [7, 11) is -2.06. The third-order valence-electron chi connectivity index (χ3n) is 6.67. The summed E-state index contributed by atoms with van der Waals surface area (Å²) in [6.45, 7) is 8.57. The van der Waals surface area contributed by atoms with E-state index in [1.54, 1.807) is 0 Å². The van der Waals surface area contributed by atoms with Crippen LogP contribution in [0, 0.1) is 0 Å². The van der Waals surface area contributed by atoms with Crippen molar-refractivity contribution in [3.05, 3.63) is 96.6 Å². The SMILES string of the molecule is CC(C)(C)[Si](C[C@@H]1C[C@H](COCc2ccccc2)O1)(c1ccccc1)c1ccccc1. The molecule has 1 aliphatic heterocycles. The molecule has 1 aliphatic rings. The van der Waals surface area contributed by atoms with Gasteiger partial charge in [-0.2, -0.15) is 0 Å². The first kappa shape index (κ1) is 22.0. The smallest absolute Gasteiger partial charge is 0.125 e.